The Bertz CT molecular complexity index is 205. The predicted molar refractivity (Wildman–Crippen MR) is 42.5 cm³/mol. The molecule has 1 N–H and O–H groups in total. The zero-order valence-electron chi connectivity index (χ0n) is 6.53. The molecule has 0 heterocycles. The Morgan fingerprint density at radius 2 is 2.17 bits per heavy atom. The van der Waals surface area contributed by atoms with E-state index in [-0.39, 0.29) is 13.0 Å². The second kappa shape index (κ2) is 6.15. The lowest BCUT2D eigenvalue weighted by atomic mass is 10.4. The first-order valence-electron chi connectivity index (χ1n) is 3.32. The highest BCUT2D eigenvalue weighted by atomic mass is 16.5. The van der Waals surface area contributed by atoms with Gasteiger partial charge in [0.2, 0.25) is 0 Å². The van der Waals surface area contributed by atoms with E-state index >= 15 is 0 Å². The van der Waals surface area contributed by atoms with Gasteiger partial charge in [-0.15, -0.1) is 6.58 Å². The summed E-state index contributed by atoms with van der Waals surface area (Å²) in [7, 11) is 0. The van der Waals surface area contributed by atoms with Crippen molar-refractivity contribution in [1.29, 1.82) is 0 Å². The number of hydrogen-bond donors (Lipinski definition) is 1. The second-order valence-electron chi connectivity index (χ2n) is 1.92. The van der Waals surface area contributed by atoms with E-state index in [0.717, 1.165) is 6.08 Å². The van der Waals surface area contributed by atoms with Gasteiger partial charge in [-0.3, -0.25) is 4.79 Å². The molecule has 0 aromatic rings. The van der Waals surface area contributed by atoms with E-state index < -0.39 is 11.9 Å². The van der Waals surface area contributed by atoms with Crippen LogP contribution in [-0.2, 0) is 14.3 Å². The number of rotatable bonds is 5. The molecular formula is C8H10O4. The zero-order chi connectivity index (χ0) is 9.40. The maximum absolute atomic E-state index is 10.6. The highest BCUT2D eigenvalue weighted by Gasteiger charge is 1.95. The summed E-state index contributed by atoms with van der Waals surface area (Å²) in [6.45, 7) is 3.33. The molecule has 0 aliphatic rings. The SMILES string of the molecule is C=CCC(=O)OCC=CC(=O)O. The molecule has 0 bridgehead atoms. The quantitative estimate of drug-likeness (QED) is 0.375. The molecule has 0 radical (unpaired) electrons. The molecular weight excluding hydrogens is 160 g/mol. The summed E-state index contributed by atoms with van der Waals surface area (Å²) in [6, 6.07) is 0. The molecule has 0 atom stereocenters. The Labute approximate surface area is 70.1 Å². The summed E-state index contributed by atoms with van der Waals surface area (Å²) < 4.78 is 4.57. The van der Waals surface area contributed by atoms with Crippen LogP contribution >= 0.6 is 0 Å². The normalized spacial score (nSPS) is 9.67. The maximum atomic E-state index is 10.6. The van der Waals surface area contributed by atoms with Crippen LogP contribution < -0.4 is 0 Å². The van der Waals surface area contributed by atoms with Crippen molar-refractivity contribution in [2.45, 2.75) is 6.42 Å². The van der Waals surface area contributed by atoms with Gasteiger partial charge in [-0.05, 0) is 6.08 Å². The van der Waals surface area contributed by atoms with E-state index in [1.165, 1.54) is 12.2 Å². The van der Waals surface area contributed by atoms with Gasteiger partial charge in [0.15, 0.2) is 0 Å². The van der Waals surface area contributed by atoms with Crippen LogP contribution in [0.15, 0.2) is 24.8 Å². The van der Waals surface area contributed by atoms with E-state index in [1.807, 2.05) is 0 Å². The van der Waals surface area contributed by atoms with Gasteiger partial charge in [0.05, 0.1) is 6.42 Å². The molecule has 0 amide bonds. The third kappa shape index (κ3) is 6.54. The Morgan fingerprint density at radius 1 is 1.50 bits per heavy atom. The van der Waals surface area contributed by atoms with Crippen LogP contribution in [0.4, 0.5) is 0 Å². The van der Waals surface area contributed by atoms with E-state index in [2.05, 4.69) is 11.3 Å². The van der Waals surface area contributed by atoms with Crippen molar-refractivity contribution in [3.05, 3.63) is 24.8 Å². The minimum absolute atomic E-state index is 0.0149. The third-order valence-electron chi connectivity index (χ3n) is 0.912. The highest BCUT2D eigenvalue weighted by molar-refractivity contribution is 5.79. The van der Waals surface area contributed by atoms with Crippen molar-refractivity contribution in [3.8, 4) is 0 Å². The van der Waals surface area contributed by atoms with Crippen molar-refractivity contribution in [2.75, 3.05) is 6.61 Å². The minimum Gasteiger partial charge on any atom is -0.478 e. The smallest absolute Gasteiger partial charge is 0.328 e. The highest BCUT2D eigenvalue weighted by Crippen LogP contribution is 1.87. The number of aliphatic carboxylic acids is 1. The average molecular weight is 170 g/mol. The fourth-order valence-corrected chi connectivity index (χ4v) is 0.467. The van der Waals surface area contributed by atoms with Crippen molar-refractivity contribution in [3.63, 3.8) is 0 Å². The minimum atomic E-state index is -1.06. The zero-order valence-corrected chi connectivity index (χ0v) is 6.53. The number of carbonyl (C=O) groups excluding carboxylic acids is 1. The predicted octanol–water partition coefficient (Wildman–Crippen LogP) is 0.746. The van der Waals surface area contributed by atoms with Gasteiger partial charge in [0, 0.05) is 6.08 Å². The van der Waals surface area contributed by atoms with Gasteiger partial charge in [-0.2, -0.15) is 0 Å². The number of carboxylic acids is 1. The molecule has 0 fully saturated rings. The van der Waals surface area contributed by atoms with E-state index in [1.54, 1.807) is 0 Å². The standard InChI is InChI=1S/C8H10O4/c1-2-4-8(11)12-6-3-5-7(9)10/h2-3,5H,1,4,6H2,(H,9,10). The molecule has 0 saturated carbocycles. The van der Waals surface area contributed by atoms with Crippen LogP contribution in [0.2, 0.25) is 0 Å². The number of ether oxygens (including phenoxy) is 1. The average Bonchev–Trinajstić information content (AvgIpc) is 1.98. The lowest BCUT2D eigenvalue weighted by molar-refractivity contribution is -0.141. The van der Waals surface area contributed by atoms with Crippen molar-refractivity contribution in [2.24, 2.45) is 0 Å². The van der Waals surface area contributed by atoms with Crippen LogP contribution in [0, 0.1) is 0 Å². The molecule has 0 aromatic heterocycles. The van der Waals surface area contributed by atoms with Gasteiger partial charge in [0.1, 0.15) is 6.61 Å². The van der Waals surface area contributed by atoms with Crippen LogP contribution in [0.1, 0.15) is 6.42 Å². The Morgan fingerprint density at radius 3 is 2.67 bits per heavy atom. The Balaban J connectivity index is 3.49. The van der Waals surface area contributed by atoms with E-state index in [0.29, 0.717) is 0 Å². The van der Waals surface area contributed by atoms with Crippen molar-refractivity contribution < 1.29 is 19.4 Å². The number of esters is 1. The molecule has 0 rings (SSSR count). The van der Waals surface area contributed by atoms with Crippen LogP contribution in [-0.4, -0.2) is 23.7 Å². The van der Waals surface area contributed by atoms with Crippen LogP contribution in [0.3, 0.4) is 0 Å². The fourth-order valence-electron chi connectivity index (χ4n) is 0.467. The molecule has 0 spiro atoms. The van der Waals surface area contributed by atoms with Crippen molar-refractivity contribution >= 4 is 11.9 Å². The van der Waals surface area contributed by atoms with Crippen LogP contribution in [0.25, 0.3) is 0 Å². The molecule has 0 unspecified atom stereocenters. The molecule has 0 aromatic carbocycles. The largest absolute Gasteiger partial charge is 0.478 e. The fraction of sp³-hybridized carbons (Fsp3) is 0.250. The summed E-state index contributed by atoms with van der Waals surface area (Å²) in [4.78, 5) is 20.5. The number of carboxylic acid groups (broad SMARTS) is 1. The molecule has 12 heavy (non-hydrogen) atoms. The monoisotopic (exact) mass is 170 g/mol. The van der Waals surface area contributed by atoms with E-state index in [9.17, 15) is 9.59 Å². The summed E-state index contributed by atoms with van der Waals surface area (Å²) in [6.07, 6.45) is 3.73. The molecule has 0 aliphatic carbocycles. The summed E-state index contributed by atoms with van der Waals surface area (Å²) in [5.41, 5.74) is 0. The first kappa shape index (κ1) is 10.4. The first-order valence-corrected chi connectivity index (χ1v) is 3.32. The van der Waals surface area contributed by atoms with Gasteiger partial charge in [0.25, 0.3) is 0 Å². The number of carbonyl (C=O) groups is 2. The third-order valence-corrected chi connectivity index (χ3v) is 0.912. The van der Waals surface area contributed by atoms with Gasteiger partial charge in [-0.1, -0.05) is 6.08 Å². The Hall–Kier alpha value is -1.58. The van der Waals surface area contributed by atoms with Crippen molar-refractivity contribution in [1.82, 2.24) is 0 Å². The summed E-state index contributed by atoms with van der Waals surface area (Å²) in [5, 5.41) is 8.14. The molecule has 4 heteroatoms. The topological polar surface area (TPSA) is 63.6 Å². The second-order valence-corrected chi connectivity index (χ2v) is 1.92. The van der Waals surface area contributed by atoms with Gasteiger partial charge >= 0.3 is 11.9 Å². The first-order chi connectivity index (χ1) is 5.66. The molecule has 4 nitrogen and oxygen atoms in total. The van der Waals surface area contributed by atoms with Gasteiger partial charge < -0.3 is 9.84 Å². The molecule has 66 valence electrons. The maximum Gasteiger partial charge on any atom is 0.328 e. The lowest BCUT2D eigenvalue weighted by Crippen LogP contribution is -2.02. The Kier molecular flexibility index (Phi) is 5.34. The van der Waals surface area contributed by atoms with Crippen LogP contribution in [0.5, 0.6) is 0 Å². The lowest BCUT2D eigenvalue weighted by Gasteiger charge is -1.96. The summed E-state index contributed by atoms with van der Waals surface area (Å²) in [5.74, 6) is -1.48. The summed E-state index contributed by atoms with van der Waals surface area (Å²) >= 11 is 0. The van der Waals surface area contributed by atoms with E-state index in [4.69, 9.17) is 5.11 Å². The molecule has 0 saturated heterocycles. The number of hydrogen-bond acceptors (Lipinski definition) is 3. The molecule has 0 aliphatic heterocycles. The van der Waals surface area contributed by atoms with Gasteiger partial charge in [-0.25, -0.2) is 4.79 Å².